The van der Waals surface area contributed by atoms with E-state index in [1.54, 1.807) is 6.20 Å². The van der Waals surface area contributed by atoms with Gasteiger partial charge < -0.3 is 16.4 Å². The summed E-state index contributed by atoms with van der Waals surface area (Å²) in [6, 6.07) is 1.81. The van der Waals surface area contributed by atoms with Crippen molar-refractivity contribution in [3.05, 3.63) is 17.8 Å². The molecule has 0 fully saturated rings. The van der Waals surface area contributed by atoms with Crippen LogP contribution in [0.4, 0.5) is 11.5 Å². The molecule has 0 spiro atoms. The molecule has 0 radical (unpaired) electrons. The first-order valence-corrected chi connectivity index (χ1v) is 4.86. The summed E-state index contributed by atoms with van der Waals surface area (Å²) in [7, 11) is 0. The van der Waals surface area contributed by atoms with Crippen LogP contribution >= 0.6 is 0 Å². The molecule has 0 atom stereocenters. The summed E-state index contributed by atoms with van der Waals surface area (Å²) in [6.07, 6.45) is 1.58. The molecule has 1 aromatic rings. The Kier molecular flexibility index (Phi) is 3.91. The van der Waals surface area contributed by atoms with Gasteiger partial charge in [-0.05, 0) is 25.5 Å². The van der Waals surface area contributed by atoms with Crippen molar-refractivity contribution >= 4 is 17.4 Å². The average Bonchev–Trinajstić information content (AvgIpc) is 2.20. The lowest BCUT2D eigenvalue weighted by Gasteiger charge is -2.07. The maximum absolute atomic E-state index is 11.1. The average molecular weight is 208 g/mol. The maximum atomic E-state index is 11.1. The molecule has 0 saturated heterocycles. The summed E-state index contributed by atoms with van der Waals surface area (Å²) in [5.41, 5.74) is 7.22. The van der Waals surface area contributed by atoms with Crippen LogP contribution in [0, 0.1) is 6.92 Å². The van der Waals surface area contributed by atoms with Gasteiger partial charge in [-0.15, -0.1) is 0 Å². The minimum Gasteiger partial charge on any atom is -0.397 e. The Morgan fingerprint density at radius 1 is 1.60 bits per heavy atom. The minimum absolute atomic E-state index is 0.0474. The Morgan fingerprint density at radius 2 is 2.33 bits per heavy atom. The van der Waals surface area contributed by atoms with E-state index in [1.807, 2.05) is 19.9 Å². The number of hydrogen-bond acceptors (Lipinski definition) is 4. The molecule has 1 aromatic heterocycles. The molecule has 5 heteroatoms. The molecule has 1 amide bonds. The predicted octanol–water partition coefficient (Wildman–Crippen LogP) is 0.520. The lowest BCUT2D eigenvalue weighted by molar-refractivity contribution is -0.119. The van der Waals surface area contributed by atoms with Crippen LogP contribution in [0.3, 0.4) is 0 Å². The van der Waals surface area contributed by atoms with Gasteiger partial charge in [0.15, 0.2) is 0 Å². The fourth-order valence-electron chi connectivity index (χ4n) is 1.09. The van der Waals surface area contributed by atoms with Crippen molar-refractivity contribution in [2.24, 2.45) is 0 Å². The van der Waals surface area contributed by atoms with E-state index in [0.717, 1.165) is 5.56 Å². The molecule has 15 heavy (non-hydrogen) atoms. The van der Waals surface area contributed by atoms with E-state index in [0.29, 0.717) is 18.1 Å². The molecule has 0 aromatic carbocycles. The van der Waals surface area contributed by atoms with Crippen LogP contribution in [0.5, 0.6) is 0 Å². The number of nitrogen functional groups attached to an aromatic ring is 1. The molecule has 5 nitrogen and oxygen atoms in total. The van der Waals surface area contributed by atoms with E-state index >= 15 is 0 Å². The Morgan fingerprint density at radius 3 is 2.93 bits per heavy atom. The molecule has 0 unspecified atom stereocenters. The van der Waals surface area contributed by atoms with Crippen molar-refractivity contribution < 1.29 is 4.79 Å². The lowest BCUT2D eigenvalue weighted by Crippen LogP contribution is -2.29. The second kappa shape index (κ2) is 5.19. The van der Waals surface area contributed by atoms with Crippen LogP contribution in [-0.2, 0) is 4.79 Å². The second-order valence-corrected chi connectivity index (χ2v) is 3.23. The molecule has 1 rings (SSSR count). The summed E-state index contributed by atoms with van der Waals surface area (Å²) >= 11 is 0. The molecule has 0 bridgehead atoms. The highest BCUT2D eigenvalue weighted by atomic mass is 16.1. The molecular formula is C10H16N4O. The summed E-state index contributed by atoms with van der Waals surface area (Å²) in [5.74, 6) is 0.613. The van der Waals surface area contributed by atoms with Gasteiger partial charge in [-0.2, -0.15) is 0 Å². The van der Waals surface area contributed by atoms with Crippen LogP contribution in [0.25, 0.3) is 0 Å². The number of amides is 1. The zero-order valence-corrected chi connectivity index (χ0v) is 9.00. The topological polar surface area (TPSA) is 80.0 Å². The van der Waals surface area contributed by atoms with E-state index in [2.05, 4.69) is 15.6 Å². The van der Waals surface area contributed by atoms with Crippen LogP contribution in [0.2, 0.25) is 0 Å². The van der Waals surface area contributed by atoms with E-state index in [9.17, 15) is 4.79 Å². The smallest absolute Gasteiger partial charge is 0.239 e. The molecule has 82 valence electrons. The van der Waals surface area contributed by atoms with Gasteiger partial charge in [-0.25, -0.2) is 4.98 Å². The van der Waals surface area contributed by atoms with Crippen LogP contribution < -0.4 is 16.4 Å². The quantitative estimate of drug-likeness (QED) is 0.674. The molecule has 0 aliphatic carbocycles. The van der Waals surface area contributed by atoms with Crippen molar-refractivity contribution in [3.63, 3.8) is 0 Å². The van der Waals surface area contributed by atoms with E-state index in [-0.39, 0.29) is 12.5 Å². The van der Waals surface area contributed by atoms with Gasteiger partial charge in [0.1, 0.15) is 5.82 Å². The van der Waals surface area contributed by atoms with Gasteiger partial charge in [-0.1, -0.05) is 0 Å². The normalized spacial score (nSPS) is 9.73. The number of nitrogens with two attached hydrogens (primary N) is 1. The second-order valence-electron chi connectivity index (χ2n) is 3.23. The predicted molar refractivity (Wildman–Crippen MR) is 60.6 cm³/mol. The maximum Gasteiger partial charge on any atom is 0.239 e. The Labute approximate surface area is 89.1 Å². The minimum atomic E-state index is -0.0474. The highest BCUT2D eigenvalue weighted by Crippen LogP contribution is 2.12. The molecule has 0 aliphatic heterocycles. The molecular weight excluding hydrogens is 192 g/mol. The van der Waals surface area contributed by atoms with Crippen molar-refractivity contribution in [3.8, 4) is 0 Å². The first-order chi connectivity index (χ1) is 7.13. The number of nitrogens with zero attached hydrogens (tertiary/aromatic N) is 1. The number of aromatic nitrogens is 1. The van der Waals surface area contributed by atoms with Gasteiger partial charge in [0.2, 0.25) is 5.91 Å². The number of pyridine rings is 1. The van der Waals surface area contributed by atoms with E-state index in [4.69, 9.17) is 5.73 Å². The summed E-state index contributed by atoms with van der Waals surface area (Å²) in [5, 5.41) is 5.61. The number of hydrogen-bond donors (Lipinski definition) is 3. The molecule has 0 saturated carbocycles. The van der Waals surface area contributed by atoms with Crippen molar-refractivity contribution in [1.29, 1.82) is 0 Å². The Bertz CT molecular complexity index is 351. The fraction of sp³-hybridized carbons (Fsp3) is 0.400. The summed E-state index contributed by atoms with van der Waals surface area (Å²) in [4.78, 5) is 15.2. The van der Waals surface area contributed by atoms with Crippen molar-refractivity contribution in [2.75, 3.05) is 24.1 Å². The number of carbonyl (C=O) groups excluding carboxylic acids is 1. The van der Waals surface area contributed by atoms with Crippen LogP contribution in [0.15, 0.2) is 12.3 Å². The van der Waals surface area contributed by atoms with Crippen molar-refractivity contribution in [1.82, 2.24) is 10.3 Å². The largest absolute Gasteiger partial charge is 0.397 e. The van der Waals surface area contributed by atoms with Gasteiger partial charge in [0, 0.05) is 6.54 Å². The zero-order valence-electron chi connectivity index (χ0n) is 9.00. The monoisotopic (exact) mass is 208 g/mol. The standard InChI is InChI=1S/C10H16N4O/c1-3-12-10(15)6-14-9-4-7(2)8(11)5-13-9/h4-5H,3,6,11H2,1-2H3,(H,12,15)(H,13,14). The molecule has 4 N–H and O–H groups in total. The number of carbonyl (C=O) groups is 1. The lowest BCUT2D eigenvalue weighted by atomic mass is 10.2. The number of likely N-dealkylation sites (N-methyl/N-ethyl adjacent to an activating group) is 1. The van der Waals surface area contributed by atoms with Gasteiger partial charge in [0.25, 0.3) is 0 Å². The first kappa shape index (κ1) is 11.3. The first-order valence-electron chi connectivity index (χ1n) is 4.86. The number of aryl methyl sites for hydroxylation is 1. The third kappa shape index (κ3) is 3.46. The van der Waals surface area contributed by atoms with Crippen molar-refractivity contribution in [2.45, 2.75) is 13.8 Å². The molecule has 1 heterocycles. The number of nitrogens with one attached hydrogen (secondary N) is 2. The van der Waals surface area contributed by atoms with Gasteiger partial charge >= 0.3 is 0 Å². The third-order valence-electron chi connectivity index (χ3n) is 1.96. The van der Waals surface area contributed by atoms with Crippen LogP contribution in [0.1, 0.15) is 12.5 Å². The Hall–Kier alpha value is -1.78. The highest BCUT2D eigenvalue weighted by Gasteiger charge is 2.01. The SMILES string of the molecule is CCNC(=O)CNc1cc(C)c(N)cn1. The van der Waals surface area contributed by atoms with E-state index in [1.165, 1.54) is 0 Å². The van der Waals surface area contributed by atoms with Crippen LogP contribution in [-0.4, -0.2) is 24.0 Å². The number of rotatable bonds is 4. The van der Waals surface area contributed by atoms with Gasteiger partial charge in [-0.3, -0.25) is 4.79 Å². The summed E-state index contributed by atoms with van der Waals surface area (Å²) in [6.45, 7) is 4.64. The molecule has 0 aliphatic rings. The fourth-order valence-corrected chi connectivity index (χ4v) is 1.09. The highest BCUT2D eigenvalue weighted by molar-refractivity contribution is 5.80. The summed E-state index contributed by atoms with van der Waals surface area (Å²) < 4.78 is 0. The number of anilines is 2. The Balaban J connectivity index is 2.51. The van der Waals surface area contributed by atoms with Gasteiger partial charge in [0.05, 0.1) is 18.4 Å². The van der Waals surface area contributed by atoms with E-state index < -0.39 is 0 Å². The third-order valence-corrected chi connectivity index (χ3v) is 1.96. The zero-order chi connectivity index (χ0) is 11.3.